The largest absolute Gasteiger partial charge is 0.373 e. The van der Waals surface area contributed by atoms with Crippen molar-refractivity contribution >= 4 is 0 Å². The van der Waals surface area contributed by atoms with Crippen molar-refractivity contribution in [2.24, 2.45) is 5.73 Å². The van der Waals surface area contributed by atoms with Crippen LogP contribution in [0, 0.1) is 5.82 Å². The molecule has 0 bridgehead atoms. The van der Waals surface area contributed by atoms with Crippen LogP contribution in [0.15, 0.2) is 24.3 Å². The maximum atomic E-state index is 14.0. The van der Waals surface area contributed by atoms with Crippen LogP contribution in [0.4, 0.5) is 4.39 Å². The molecule has 2 rings (SSSR count). The van der Waals surface area contributed by atoms with Crippen molar-refractivity contribution in [3.8, 4) is 0 Å². The van der Waals surface area contributed by atoms with Crippen molar-refractivity contribution < 1.29 is 9.13 Å². The van der Waals surface area contributed by atoms with Crippen LogP contribution in [0.3, 0.4) is 0 Å². The second kappa shape index (κ2) is 5.99. The van der Waals surface area contributed by atoms with Crippen LogP contribution < -0.4 is 5.73 Å². The maximum absolute atomic E-state index is 14.0. The van der Waals surface area contributed by atoms with Gasteiger partial charge in [0.2, 0.25) is 0 Å². The van der Waals surface area contributed by atoms with E-state index >= 15 is 0 Å². The second-order valence-electron chi connectivity index (χ2n) is 5.54. The van der Waals surface area contributed by atoms with Crippen molar-refractivity contribution in [3.05, 3.63) is 35.6 Å². The van der Waals surface area contributed by atoms with Crippen molar-refractivity contribution in [1.29, 1.82) is 0 Å². The molecule has 1 heterocycles. The van der Waals surface area contributed by atoms with E-state index in [1.807, 2.05) is 32.9 Å². The van der Waals surface area contributed by atoms with Gasteiger partial charge in [0.15, 0.2) is 0 Å². The van der Waals surface area contributed by atoms with E-state index in [0.717, 1.165) is 13.1 Å². The van der Waals surface area contributed by atoms with Gasteiger partial charge >= 0.3 is 0 Å². The number of morpholine rings is 1. The molecule has 1 saturated heterocycles. The molecule has 106 valence electrons. The third-order valence-electron chi connectivity index (χ3n) is 3.56. The van der Waals surface area contributed by atoms with Crippen molar-refractivity contribution in [2.45, 2.75) is 45.1 Å². The summed E-state index contributed by atoms with van der Waals surface area (Å²) >= 11 is 0. The summed E-state index contributed by atoms with van der Waals surface area (Å²) in [5.41, 5.74) is 6.79. The van der Waals surface area contributed by atoms with Gasteiger partial charge in [-0.3, -0.25) is 4.90 Å². The lowest BCUT2D eigenvalue weighted by atomic mass is 9.97. The minimum Gasteiger partial charge on any atom is -0.373 e. The number of nitrogens with two attached hydrogens (primary N) is 1. The molecule has 0 aromatic heterocycles. The lowest BCUT2D eigenvalue weighted by molar-refractivity contribution is -0.0834. The molecule has 1 aromatic carbocycles. The van der Waals surface area contributed by atoms with Gasteiger partial charge in [0.1, 0.15) is 5.82 Å². The highest BCUT2D eigenvalue weighted by molar-refractivity contribution is 5.23. The molecule has 4 atom stereocenters. The summed E-state index contributed by atoms with van der Waals surface area (Å²) in [4.78, 5) is 2.24. The minimum atomic E-state index is -0.184. The third kappa shape index (κ3) is 3.32. The zero-order valence-electron chi connectivity index (χ0n) is 11.8. The van der Waals surface area contributed by atoms with Crippen molar-refractivity contribution in [1.82, 2.24) is 4.90 Å². The Morgan fingerprint density at radius 1 is 1.26 bits per heavy atom. The van der Waals surface area contributed by atoms with E-state index in [0.29, 0.717) is 5.56 Å². The van der Waals surface area contributed by atoms with Crippen LogP contribution in [-0.4, -0.2) is 36.2 Å². The first-order chi connectivity index (χ1) is 8.99. The lowest BCUT2D eigenvalue weighted by Crippen LogP contribution is -2.50. The molecule has 0 saturated carbocycles. The van der Waals surface area contributed by atoms with E-state index < -0.39 is 0 Å². The normalized spacial score (nSPS) is 28.1. The molecule has 0 amide bonds. The Bertz CT molecular complexity index is 414. The predicted molar refractivity (Wildman–Crippen MR) is 74.4 cm³/mol. The number of ether oxygens (including phenoxy) is 1. The van der Waals surface area contributed by atoms with Gasteiger partial charge in [-0.05, 0) is 26.8 Å². The fourth-order valence-electron chi connectivity index (χ4n) is 2.97. The van der Waals surface area contributed by atoms with E-state index in [-0.39, 0.29) is 30.1 Å². The summed E-state index contributed by atoms with van der Waals surface area (Å²) in [6.45, 7) is 7.59. The topological polar surface area (TPSA) is 38.5 Å². The van der Waals surface area contributed by atoms with Gasteiger partial charge in [-0.1, -0.05) is 18.2 Å². The smallest absolute Gasteiger partial charge is 0.128 e. The summed E-state index contributed by atoms with van der Waals surface area (Å²) in [7, 11) is 0. The highest BCUT2D eigenvalue weighted by Gasteiger charge is 2.32. The number of hydrogen-bond acceptors (Lipinski definition) is 3. The van der Waals surface area contributed by atoms with Gasteiger partial charge in [0.25, 0.3) is 0 Å². The molecule has 2 unspecified atom stereocenters. The predicted octanol–water partition coefficient (Wildman–Crippen LogP) is 2.32. The van der Waals surface area contributed by atoms with Gasteiger partial charge in [-0.15, -0.1) is 0 Å². The number of rotatable bonds is 3. The molecule has 1 fully saturated rings. The Labute approximate surface area is 114 Å². The van der Waals surface area contributed by atoms with Crippen LogP contribution in [0.25, 0.3) is 0 Å². The van der Waals surface area contributed by atoms with Gasteiger partial charge in [0.05, 0.1) is 18.2 Å². The molecule has 1 aromatic rings. The highest BCUT2D eigenvalue weighted by atomic mass is 19.1. The van der Waals surface area contributed by atoms with E-state index in [1.165, 1.54) is 6.07 Å². The molecule has 4 heteroatoms. The average Bonchev–Trinajstić information content (AvgIpc) is 2.30. The first-order valence-electron chi connectivity index (χ1n) is 6.88. The van der Waals surface area contributed by atoms with Crippen LogP contribution >= 0.6 is 0 Å². The summed E-state index contributed by atoms with van der Waals surface area (Å²) in [6, 6.07) is 6.67. The van der Waals surface area contributed by atoms with Crippen LogP contribution in [0.1, 0.15) is 32.4 Å². The molecular formula is C15H23FN2O. The van der Waals surface area contributed by atoms with Crippen molar-refractivity contribution in [2.75, 3.05) is 13.1 Å². The first-order valence-corrected chi connectivity index (χ1v) is 6.88. The molecule has 1 aliphatic heterocycles. The van der Waals surface area contributed by atoms with E-state index in [4.69, 9.17) is 10.5 Å². The average molecular weight is 266 g/mol. The lowest BCUT2D eigenvalue weighted by Gasteiger charge is -2.42. The number of hydrogen-bond donors (Lipinski definition) is 1. The summed E-state index contributed by atoms with van der Waals surface area (Å²) in [6.07, 6.45) is 0.300. The quantitative estimate of drug-likeness (QED) is 0.912. The summed E-state index contributed by atoms with van der Waals surface area (Å²) < 4.78 is 19.8. The van der Waals surface area contributed by atoms with Gasteiger partial charge in [0, 0.05) is 24.7 Å². The van der Waals surface area contributed by atoms with Crippen LogP contribution in [0.5, 0.6) is 0 Å². The highest BCUT2D eigenvalue weighted by Crippen LogP contribution is 2.28. The Morgan fingerprint density at radius 3 is 2.37 bits per heavy atom. The van der Waals surface area contributed by atoms with Gasteiger partial charge in [-0.25, -0.2) is 4.39 Å². The molecule has 0 radical (unpaired) electrons. The van der Waals surface area contributed by atoms with Crippen LogP contribution in [-0.2, 0) is 4.74 Å². The molecular weight excluding hydrogens is 243 g/mol. The van der Waals surface area contributed by atoms with E-state index in [2.05, 4.69) is 4.90 Å². The minimum absolute atomic E-state index is 0.102. The standard InChI is InChI=1S/C15H23FN2O/c1-10-8-18(9-11(2)19-10)15(12(3)17)13-6-4-5-7-14(13)16/h4-7,10-12,15H,8-9,17H2,1-3H3/t10-,11+,12?,15?. The number of halogens is 1. The molecule has 0 spiro atoms. The number of nitrogens with zero attached hydrogens (tertiary/aromatic N) is 1. The maximum Gasteiger partial charge on any atom is 0.128 e. The zero-order valence-corrected chi connectivity index (χ0v) is 11.8. The fourth-order valence-corrected chi connectivity index (χ4v) is 2.97. The van der Waals surface area contributed by atoms with E-state index in [9.17, 15) is 4.39 Å². The third-order valence-corrected chi connectivity index (χ3v) is 3.56. The fraction of sp³-hybridized carbons (Fsp3) is 0.600. The molecule has 19 heavy (non-hydrogen) atoms. The molecule has 2 N–H and O–H groups in total. The summed E-state index contributed by atoms with van der Waals surface area (Å²) in [5, 5.41) is 0. The van der Waals surface area contributed by atoms with Crippen molar-refractivity contribution in [3.63, 3.8) is 0 Å². The first kappa shape index (κ1) is 14.4. The van der Waals surface area contributed by atoms with Gasteiger partial charge < -0.3 is 10.5 Å². The zero-order chi connectivity index (χ0) is 14.0. The second-order valence-corrected chi connectivity index (χ2v) is 5.54. The Balaban J connectivity index is 2.28. The molecule has 0 aliphatic carbocycles. The Kier molecular flexibility index (Phi) is 4.55. The van der Waals surface area contributed by atoms with E-state index in [1.54, 1.807) is 6.07 Å². The molecule has 1 aliphatic rings. The molecule has 3 nitrogen and oxygen atoms in total. The Hall–Kier alpha value is -0.970. The summed E-state index contributed by atoms with van der Waals surface area (Å²) in [5.74, 6) is -0.184. The number of benzene rings is 1. The monoisotopic (exact) mass is 266 g/mol. The Morgan fingerprint density at radius 2 is 1.84 bits per heavy atom. The SMILES string of the molecule is CC(N)C(c1ccccc1F)N1C[C@@H](C)O[C@@H](C)C1. The van der Waals surface area contributed by atoms with Gasteiger partial charge in [-0.2, -0.15) is 0 Å². The van der Waals surface area contributed by atoms with Crippen LogP contribution in [0.2, 0.25) is 0 Å².